The number of imidazole rings is 1. The third-order valence-electron chi connectivity index (χ3n) is 3.03. The second-order valence-electron chi connectivity index (χ2n) is 4.44. The minimum atomic E-state index is 0.284. The molecule has 0 aliphatic rings. The van der Waals surface area contributed by atoms with E-state index in [0.717, 1.165) is 24.5 Å². The number of nitrogens with zero attached hydrogens (tertiary/aromatic N) is 2. The zero-order chi connectivity index (χ0) is 13.5. The Morgan fingerprint density at radius 2 is 2.11 bits per heavy atom. The molecule has 2 aromatic rings. The average molecular weight is 275 g/mol. The summed E-state index contributed by atoms with van der Waals surface area (Å²) in [7, 11) is 2.00. The van der Waals surface area contributed by atoms with Crippen molar-refractivity contribution in [1.82, 2.24) is 14.9 Å². The predicted molar refractivity (Wildman–Crippen MR) is 81.5 cm³/mol. The van der Waals surface area contributed by atoms with Crippen molar-refractivity contribution in [2.45, 2.75) is 30.8 Å². The number of hydrogen-bond donors (Lipinski definition) is 1. The van der Waals surface area contributed by atoms with E-state index in [-0.39, 0.29) is 6.04 Å². The maximum Gasteiger partial charge on any atom is 0.126 e. The van der Waals surface area contributed by atoms with E-state index in [4.69, 9.17) is 0 Å². The summed E-state index contributed by atoms with van der Waals surface area (Å²) < 4.78 is 2.24. The molecule has 2 rings (SSSR count). The smallest absolute Gasteiger partial charge is 0.126 e. The summed E-state index contributed by atoms with van der Waals surface area (Å²) in [5.41, 5.74) is 0. The van der Waals surface area contributed by atoms with Gasteiger partial charge < -0.3 is 9.88 Å². The molecular formula is C15H21N3S. The van der Waals surface area contributed by atoms with E-state index in [1.807, 2.05) is 31.1 Å². The molecular weight excluding hydrogens is 254 g/mol. The fraction of sp³-hybridized carbons (Fsp3) is 0.400. The lowest BCUT2D eigenvalue weighted by Crippen LogP contribution is -2.23. The van der Waals surface area contributed by atoms with Gasteiger partial charge in [-0.1, -0.05) is 25.1 Å². The maximum atomic E-state index is 4.51. The number of benzene rings is 1. The summed E-state index contributed by atoms with van der Waals surface area (Å²) in [6.45, 7) is 3.22. The first-order chi connectivity index (χ1) is 9.35. The Morgan fingerprint density at radius 1 is 1.32 bits per heavy atom. The molecule has 0 radical (unpaired) electrons. The van der Waals surface area contributed by atoms with Crippen molar-refractivity contribution in [2.75, 3.05) is 12.8 Å². The largest absolute Gasteiger partial charge is 0.334 e. The molecule has 1 N–H and O–H groups in total. The summed E-state index contributed by atoms with van der Waals surface area (Å²) in [5, 5.41) is 3.37. The zero-order valence-electron chi connectivity index (χ0n) is 11.5. The number of rotatable bonds is 7. The second kappa shape index (κ2) is 7.36. The number of aromatic nitrogens is 2. The van der Waals surface area contributed by atoms with Crippen LogP contribution in [0.1, 0.15) is 25.2 Å². The Bertz CT molecular complexity index is 481. The Balaban J connectivity index is 2.01. The molecule has 0 aliphatic heterocycles. The lowest BCUT2D eigenvalue weighted by atomic mass is 10.3. The summed E-state index contributed by atoms with van der Waals surface area (Å²) in [4.78, 5) is 5.81. The van der Waals surface area contributed by atoms with Crippen LogP contribution in [0.25, 0.3) is 0 Å². The molecule has 1 aromatic carbocycles. The van der Waals surface area contributed by atoms with Crippen LogP contribution in [0.4, 0.5) is 0 Å². The Morgan fingerprint density at radius 3 is 2.79 bits per heavy atom. The van der Waals surface area contributed by atoms with Crippen LogP contribution in [0.3, 0.4) is 0 Å². The number of thioether (sulfide) groups is 1. The molecule has 0 spiro atoms. The van der Waals surface area contributed by atoms with Gasteiger partial charge in [-0.3, -0.25) is 0 Å². The lowest BCUT2D eigenvalue weighted by molar-refractivity contribution is 0.552. The maximum absolute atomic E-state index is 4.51. The highest BCUT2D eigenvalue weighted by Crippen LogP contribution is 2.23. The lowest BCUT2D eigenvalue weighted by Gasteiger charge is -2.17. The van der Waals surface area contributed by atoms with Crippen molar-refractivity contribution in [3.8, 4) is 0 Å². The van der Waals surface area contributed by atoms with Crippen LogP contribution in [0.2, 0.25) is 0 Å². The van der Waals surface area contributed by atoms with Crippen LogP contribution >= 0.6 is 11.8 Å². The van der Waals surface area contributed by atoms with Gasteiger partial charge in [0.2, 0.25) is 0 Å². The Labute approximate surface area is 119 Å². The van der Waals surface area contributed by atoms with Gasteiger partial charge in [-0.2, -0.15) is 0 Å². The normalized spacial score (nSPS) is 12.5. The topological polar surface area (TPSA) is 29.9 Å². The van der Waals surface area contributed by atoms with Gasteiger partial charge in [-0.05, 0) is 25.6 Å². The van der Waals surface area contributed by atoms with Gasteiger partial charge in [0, 0.05) is 29.6 Å². The van der Waals surface area contributed by atoms with E-state index in [9.17, 15) is 0 Å². The minimum absolute atomic E-state index is 0.284. The van der Waals surface area contributed by atoms with Crippen LogP contribution < -0.4 is 5.32 Å². The fourth-order valence-electron chi connectivity index (χ4n) is 2.04. The summed E-state index contributed by atoms with van der Waals surface area (Å²) in [6.07, 6.45) is 5.09. The van der Waals surface area contributed by atoms with Gasteiger partial charge >= 0.3 is 0 Å². The molecule has 19 heavy (non-hydrogen) atoms. The van der Waals surface area contributed by atoms with E-state index in [1.54, 1.807) is 0 Å². The van der Waals surface area contributed by atoms with Crippen molar-refractivity contribution in [1.29, 1.82) is 0 Å². The van der Waals surface area contributed by atoms with Gasteiger partial charge in [0.05, 0.1) is 6.04 Å². The second-order valence-corrected chi connectivity index (χ2v) is 5.54. The summed E-state index contributed by atoms with van der Waals surface area (Å²) in [5.74, 6) is 2.12. The predicted octanol–water partition coefficient (Wildman–Crippen LogP) is 3.35. The van der Waals surface area contributed by atoms with Crippen molar-refractivity contribution >= 4 is 11.8 Å². The molecule has 1 heterocycles. The van der Waals surface area contributed by atoms with Crippen LogP contribution in [0.5, 0.6) is 0 Å². The molecule has 3 nitrogen and oxygen atoms in total. The van der Waals surface area contributed by atoms with Gasteiger partial charge in [0.1, 0.15) is 5.82 Å². The first-order valence-electron chi connectivity index (χ1n) is 6.71. The quantitative estimate of drug-likeness (QED) is 0.786. The van der Waals surface area contributed by atoms with Crippen LogP contribution in [-0.2, 0) is 6.54 Å². The van der Waals surface area contributed by atoms with Crippen LogP contribution in [-0.4, -0.2) is 22.4 Å². The molecule has 1 atom stereocenters. The van der Waals surface area contributed by atoms with Crippen molar-refractivity contribution in [3.05, 3.63) is 48.5 Å². The molecule has 0 bridgehead atoms. The van der Waals surface area contributed by atoms with Gasteiger partial charge in [0.25, 0.3) is 0 Å². The molecule has 1 aromatic heterocycles. The van der Waals surface area contributed by atoms with Gasteiger partial charge in [-0.15, -0.1) is 11.8 Å². The van der Waals surface area contributed by atoms with Crippen LogP contribution in [0.15, 0.2) is 47.6 Å². The molecule has 0 fully saturated rings. The average Bonchev–Trinajstić information content (AvgIpc) is 2.90. The van der Waals surface area contributed by atoms with E-state index in [1.165, 1.54) is 4.90 Å². The minimum Gasteiger partial charge on any atom is -0.334 e. The molecule has 0 saturated carbocycles. The molecule has 0 aliphatic carbocycles. The molecule has 0 saturated heterocycles. The van der Waals surface area contributed by atoms with Crippen molar-refractivity contribution in [3.63, 3.8) is 0 Å². The highest BCUT2D eigenvalue weighted by atomic mass is 32.2. The number of nitrogens with one attached hydrogen (secondary N) is 1. The van der Waals surface area contributed by atoms with Crippen molar-refractivity contribution < 1.29 is 0 Å². The molecule has 4 heteroatoms. The SMILES string of the molecule is CCCn1ccnc1C(CSc1ccccc1)NC. The molecule has 102 valence electrons. The van der Waals surface area contributed by atoms with E-state index in [0.29, 0.717) is 0 Å². The highest BCUT2D eigenvalue weighted by Gasteiger charge is 2.15. The molecule has 0 amide bonds. The molecule has 1 unspecified atom stereocenters. The van der Waals surface area contributed by atoms with E-state index < -0.39 is 0 Å². The summed E-state index contributed by atoms with van der Waals surface area (Å²) >= 11 is 1.86. The van der Waals surface area contributed by atoms with E-state index in [2.05, 4.69) is 52.3 Å². The van der Waals surface area contributed by atoms with Crippen LogP contribution in [0, 0.1) is 0 Å². The number of aryl methyl sites for hydroxylation is 1. The number of hydrogen-bond acceptors (Lipinski definition) is 3. The zero-order valence-corrected chi connectivity index (χ0v) is 12.4. The standard InChI is InChI=1S/C15H21N3S/c1-3-10-18-11-9-17-15(18)14(16-2)12-19-13-7-5-4-6-8-13/h4-9,11,14,16H,3,10,12H2,1-2H3. The fourth-order valence-corrected chi connectivity index (χ4v) is 3.07. The first-order valence-corrected chi connectivity index (χ1v) is 7.69. The summed E-state index contributed by atoms with van der Waals surface area (Å²) in [6, 6.07) is 10.8. The van der Waals surface area contributed by atoms with Gasteiger partial charge in [0.15, 0.2) is 0 Å². The Hall–Kier alpha value is -1.26. The van der Waals surface area contributed by atoms with Gasteiger partial charge in [-0.25, -0.2) is 4.98 Å². The van der Waals surface area contributed by atoms with Crippen molar-refractivity contribution in [2.24, 2.45) is 0 Å². The third-order valence-corrected chi connectivity index (χ3v) is 4.14. The third kappa shape index (κ3) is 3.85. The first kappa shape index (κ1) is 14.2. The van der Waals surface area contributed by atoms with E-state index >= 15 is 0 Å². The monoisotopic (exact) mass is 275 g/mol. The Kier molecular flexibility index (Phi) is 5.48. The highest BCUT2D eigenvalue weighted by molar-refractivity contribution is 7.99.